The van der Waals surface area contributed by atoms with E-state index in [1.807, 2.05) is 0 Å². The fourth-order valence-electron chi connectivity index (χ4n) is 0.440. The van der Waals surface area contributed by atoms with Crippen LogP contribution in [-0.2, 0) is 9.59 Å². The number of carbonyl (C=O) groups excluding carboxylic acids is 2. The number of ketones is 2. The molecule has 11 heavy (non-hydrogen) atoms. The quantitative estimate of drug-likeness (QED) is 0.288. The fraction of sp³-hybridized carbons (Fsp3) is 0. The summed E-state index contributed by atoms with van der Waals surface area (Å²) >= 11 is 0. The third kappa shape index (κ3) is 4.54. The summed E-state index contributed by atoms with van der Waals surface area (Å²) in [5.41, 5.74) is 0. The minimum atomic E-state index is -0.121. The summed E-state index contributed by atoms with van der Waals surface area (Å²) in [6, 6.07) is 0. The Kier molecular flexibility index (Phi) is 4.01. The third-order valence-electron chi connectivity index (χ3n) is 0.824. The van der Waals surface area contributed by atoms with Crippen molar-refractivity contribution in [3.8, 4) is 0 Å². The first-order valence-electron chi connectivity index (χ1n) is 2.61. The molecule has 1 aliphatic carbocycles. The fourth-order valence-corrected chi connectivity index (χ4v) is 0.440. The second-order valence-corrected chi connectivity index (χ2v) is 1.55. The Bertz CT molecular complexity index is 221. The minimum absolute atomic E-state index is 0.121. The predicted octanol–water partition coefficient (Wildman–Crippen LogP) is 0.588. The summed E-state index contributed by atoms with van der Waals surface area (Å²) in [4.78, 5) is 20.6. The van der Waals surface area contributed by atoms with Crippen molar-refractivity contribution in [2.24, 2.45) is 0 Å². The van der Waals surface area contributed by atoms with Gasteiger partial charge in [0.2, 0.25) is 10.5 Å². The average molecular weight is 152 g/mol. The Morgan fingerprint density at radius 2 is 1.27 bits per heavy atom. The van der Waals surface area contributed by atoms with Gasteiger partial charge in [-0.1, -0.05) is 0 Å². The van der Waals surface area contributed by atoms with Gasteiger partial charge in [-0.05, 0) is 24.3 Å². The Morgan fingerprint density at radius 3 is 1.45 bits per heavy atom. The van der Waals surface area contributed by atoms with Gasteiger partial charge in [-0.25, -0.2) is 0 Å². The van der Waals surface area contributed by atoms with Gasteiger partial charge in [-0.15, -0.1) is 0 Å². The molecule has 0 aliphatic heterocycles. The summed E-state index contributed by atoms with van der Waals surface area (Å²) in [6.45, 7) is 0. The molecule has 5 nitrogen and oxygen atoms in total. The molecule has 1 rings (SSSR count). The van der Waals surface area contributed by atoms with E-state index in [2.05, 4.69) is 0 Å². The van der Waals surface area contributed by atoms with Crippen molar-refractivity contribution >= 4 is 11.6 Å². The molecule has 0 spiro atoms. The van der Waals surface area contributed by atoms with E-state index in [4.69, 9.17) is 10.6 Å². The van der Waals surface area contributed by atoms with E-state index in [-0.39, 0.29) is 11.6 Å². The zero-order valence-electron chi connectivity index (χ0n) is 5.43. The predicted molar refractivity (Wildman–Crippen MR) is 36.7 cm³/mol. The van der Waals surface area contributed by atoms with E-state index in [1.54, 1.807) is 0 Å². The van der Waals surface area contributed by atoms with Crippen molar-refractivity contribution < 1.29 is 9.59 Å². The second-order valence-electron chi connectivity index (χ2n) is 1.55. The Hall–Kier alpha value is -1.96. The zero-order chi connectivity index (χ0) is 8.69. The van der Waals surface area contributed by atoms with Crippen molar-refractivity contribution in [3.05, 3.63) is 34.7 Å². The SMILES string of the molecule is N#[N+][O-].O=C1C=CC(=O)C=C1. The molecule has 0 heterocycles. The number of allylic oxidation sites excluding steroid dienone is 4. The molecule has 0 saturated carbocycles. The smallest absolute Gasteiger partial charge is 0.237 e. The van der Waals surface area contributed by atoms with Gasteiger partial charge in [0.15, 0.2) is 11.6 Å². The van der Waals surface area contributed by atoms with Gasteiger partial charge in [0, 0.05) is 0 Å². The number of hydrogen-bond donors (Lipinski definition) is 0. The van der Waals surface area contributed by atoms with Crippen LogP contribution in [0, 0.1) is 10.6 Å². The molecule has 0 fully saturated rings. The molecule has 0 unspecified atom stereocenters. The van der Waals surface area contributed by atoms with Gasteiger partial charge in [0.05, 0.1) is 0 Å². The molecular formula is C6H4N2O3. The normalized spacial score (nSPS) is 13.4. The Morgan fingerprint density at radius 1 is 1.09 bits per heavy atom. The van der Waals surface area contributed by atoms with Crippen LogP contribution in [0.3, 0.4) is 0 Å². The zero-order valence-corrected chi connectivity index (χ0v) is 5.43. The van der Waals surface area contributed by atoms with Gasteiger partial charge in [0.25, 0.3) is 0 Å². The van der Waals surface area contributed by atoms with Crippen LogP contribution >= 0.6 is 0 Å². The van der Waals surface area contributed by atoms with Crippen LogP contribution in [0.5, 0.6) is 0 Å². The maximum Gasteiger partial charge on any atom is 0.237 e. The van der Waals surface area contributed by atoms with Crippen LogP contribution in [0.1, 0.15) is 0 Å². The van der Waals surface area contributed by atoms with Crippen molar-refractivity contribution in [2.75, 3.05) is 0 Å². The van der Waals surface area contributed by atoms with E-state index >= 15 is 0 Å². The highest BCUT2D eigenvalue weighted by Gasteiger charge is 1.97. The maximum absolute atomic E-state index is 10.3. The van der Waals surface area contributed by atoms with Crippen molar-refractivity contribution in [2.45, 2.75) is 0 Å². The molecule has 0 amide bonds. The number of nitrogens with zero attached hydrogens (tertiary/aromatic N) is 2. The van der Waals surface area contributed by atoms with Gasteiger partial charge in [-0.2, -0.15) is 0 Å². The summed E-state index contributed by atoms with van der Waals surface area (Å²) in [6.07, 6.45) is 5.01. The molecule has 5 heteroatoms. The first-order valence-corrected chi connectivity index (χ1v) is 2.61. The van der Waals surface area contributed by atoms with Crippen LogP contribution in [0.25, 0.3) is 5.14 Å². The van der Waals surface area contributed by atoms with Crippen molar-refractivity contribution in [1.29, 1.82) is 5.39 Å². The highest BCUT2D eigenvalue weighted by Crippen LogP contribution is 1.90. The van der Waals surface area contributed by atoms with E-state index in [0.29, 0.717) is 0 Å². The number of diazo groups is 1. The molecule has 0 aromatic carbocycles. The van der Waals surface area contributed by atoms with E-state index < -0.39 is 0 Å². The van der Waals surface area contributed by atoms with E-state index in [0.717, 1.165) is 0 Å². The molecule has 0 saturated heterocycles. The van der Waals surface area contributed by atoms with E-state index in [1.165, 1.54) is 29.4 Å². The summed E-state index contributed by atoms with van der Waals surface area (Å²) < 4.78 is 0. The van der Waals surface area contributed by atoms with Crippen molar-refractivity contribution in [3.63, 3.8) is 0 Å². The van der Waals surface area contributed by atoms with Gasteiger partial charge >= 0.3 is 0 Å². The van der Waals surface area contributed by atoms with Gasteiger partial charge in [-0.3, -0.25) is 9.59 Å². The van der Waals surface area contributed by atoms with Gasteiger partial charge < -0.3 is 5.21 Å². The second kappa shape index (κ2) is 4.88. The number of rotatable bonds is 0. The van der Waals surface area contributed by atoms with Crippen molar-refractivity contribution in [1.82, 2.24) is 0 Å². The molecule has 1 aliphatic rings. The number of hydrogen-bond acceptors (Lipinski definition) is 4. The molecule has 56 valence electrons. The molecule has 0 N–H and O–H groups in total. The Balaban J connectivity index is 0.000000292. The molecule has 0 atom stereocenters. The average Bonchev–Trinajstić information content (AvgIpc) is 1.97. The first-order chi connectivity index (χ1) is 5.20. The monoisotopic (exact) mass is 152 g/mol. The number of carbonyl (C=O) groups is 2. The lowest BCUT2D eigenvalue weighted by Crippen LogP contribution is -1.97. The molecular weight excluding hydrogens is 148 g/mol. The lowest BCUT2D eigenvalue weighted by molar-refractivity contribution is -0.113. The van der Waals surface area contributed by atoms with Crippen LogP contribution in [0.4, 0.5) is 0 Å². The van der Waals surface area contributed by atoms with Crippen LogP contribution in [-0.4, -0.2) is 11.6 Å². The van der Waals surface area contributed by atoms with Gasteiger partial charge in [0.1, 0.15) is 0 Å². The molecule has 0 radical (unpaired) electrons. The molecule has 0 aromatic rings. The molecule has 0 bridgehead atoms. The first kappa shape index (κ1) is 9.04. The summed E-state index contributed by atoms with van der Waals surface area (Å²) in [7, 11) is 0. The highest BCUT2D eigenvalue weighted by atomic mass is 16.4. The third-order valence-corrected chi connectivity index (χ3v) is 0.824. The van der Waals surface area contributed by atoms with Crippen LogP contribution in [0.2, 0.25) is 0 Å². The molecule has 0 aromatic heterocycles. The van der Waals surface area contributed by atoms with Crippen LogP contribution < -0.4 is 0 Å². The summed E-state index contributed by atoms with van der Waals surface area (Å²) in [5.74, 6) is -0.241. The maximum atomic E-state index is 10.3. The lowest BCUT2D eigenvalue weighted by atomic mass is 10.2. The van der Waals surface area contributed by atoms with Crippen LogP contribution in [0.15, 0.2) is 24.3 Å². The topological polar surface area (TPSA) is 85.3 Å². The largest absolute Gasteiger partial charge is 0.463 e. The minimum Gasteiger partial charge on any atom is -0.463 e. The standard InChI is InChI=1S/C6H4O2.N2O/c7-5-1-2-6(8)4-3-5;1-2-3/h1-4H;. The summed E-state index contributed by atoms with van der Waals surface area (Å²) in [5, 5.41) is 16.0. The highest BCUT2D eigenvalue weighted by molar-refractivity contribution is 6.14. The lowest BCUT2D eigenvalue weighted by Gasteiger charge is -1.87. The van der Waals surface area contributed by atoms with E-state index in [9.17, 15) is 9.59 Å². The Labute approximate surface area is 62.2 Å².